The second kappa shape index (κ2) is 11.6. The van der Waals surface area contributed by atoms with E-state index in [0.717, 1.165) is 48.3 Å². The zero-order chi connectivity index (χ0) is 20.6. The molecule has 0 spiro atoms. The van der Waals surface area contributed by atoms with Crippen molar-refractivity contribution in [3.05, 3.63) is 59.7 Å². The van der Waals surface area contributed by atoms with Gasteiger partial charge in [0.25, 0.3) is 0 Å². The molecule has 3 rings (SSSR count). The molecule has 0 aliphatic carbocycles. The van der Waals surface area contributed by atoms with Crippen LogP contribution in [0.25, 0.3) is 5.69 Å². The number of methoxy groups -OCH3 is 1. The average molecular weight is 523 g/mol. The Hall–Kier alpha value is -2.56. The first kappa shape index (κ1) is 23.7. The van der Waals surface area contributed by atoms with Gasteiger partial charge >= 0.3 is 0 Å². The van der Waals surface area contributed by atoms with E-state index in [9.17, 15) is 0 Å². The summed E-state index contributed by atoms with van der Waals surface area (Å²) < 4.78 is 9.08. The van der Waals surface area contributed by atoms with E-state index in [1.807, 2.05) is 52.8 Å². The molecule has 0 amide bonds. The van der Waals surface area contributed by atoms with Gasteiger partial charge in [0.15, 0.2) is 5.96 Å². The molecule has 1 aromatic carbocycles. The largest absolute Gasteiger partial charge is 0.497 e. The van der Waals surface area contributed by atoms with E-state index >= 15 is 0 Å². The Morgan fingerprint density at radius 1 is 1.10 bits per heavy atom. The summed E-state index contributed by atoms with van der Waals surface area (Å²) >= 11 is 0. The Kier molecular flexibility index (Phi) is 9.15. The number of guanidine groups is 1. The van der Waals surface area contributed by atoms with Crippen LogP contribution in [0.1, 0.15) is 23.5 Å². The molecular weight excluding hydrogens is 493 g/mol. The minimum absolute atomic E-state index is 0. The van der Waals surface area contributed by atoms with Gasteiger partial charge in [-0.3, -0.25) is 9.67 Å². The van der Waals surface area contributed by atoms with Gasteiger partial charge in [0, 0.05) is 32.0 Å². The Morgan fingerprint density at radius 3 is 2.50 bits per heavy atom. The van der Waals surface area contributed by atoms with Crippen LogP contribution in [0.4, 0.5) is 0 Å². The lowest BCUT2D eigenvalue weighted by Crippen LogP contribution is -2.37. The number of aromatic nitrogens is 4. The lowest BCUT2D eigenvalue weighted by Gasteiger charge is -2.11. The van der Waals surface area contributed by atoms with E-state index in [1.54, 1.807) is 14.2 Å². The van der Waals surface area contributed by atoms with E-state index in [4.69, 9.17) is 4.74 Å². The summed E-state index contributed by atoms with van der Waals surface area (Å²) in [6.45, 7) is 6.40. The highest BCUT2D eigenvalue weighted by molar-refractivity contribution is 14.0. The van der Waals surface area contributed by atoms with Crippen LogP contribution in [0.3, 0.4) is 0 Å². The molecule has 0 aliphatic rings. The SMILES string of the molecule is CN=C(NCCCn1nc(C)cc1C)NCc1ccn(-c2ccc(OC)cc2)n1.I. The zero-order valence-electron chi connectivity index (χ0n) is 17.9. The minimum atomic E-state index is 0. The van der Waals surface area contributed by atoms with Gasteiger partial charge in [0.05, 0.1) is 30.7 Å². The van der Waals surface area contributed by atoms with Crippen LogP contribution in [0, 0.1) is 13.8 Å². The van der Waals surface area contributed by atoms with Crippen molar-refractivity contribution in [2.24, 2.45) is 4.99 Å². The molecule has 0 aliphatic heterocycles. The minimum Gasteiger partial charge on any atom is -0.497 e. The van der Waals surface area contributed by atoms with Gasteiger partial charge in [0.2, 0.25) is 0 Å². The molecule has 0 saturated carbocycles. The van der Waals surface area contributed by atoms with Crippen LogP contribution in [-0.2, 0) is 13.1 Å². The molecule has 2 N–H and O–H groups in total. The quantitative estimate of drug-likeness (QED) is 0.205. The van der Waals surface area contributed by atoms with Crippen LogP contribution >= 0.6 is 24.0 Å². The summed E-state index contributed by atoms with van der Waals surface area (Å²) in [6.07, 6.45) is 2.91. The molecule has 0 radical (unpaired) electrons. The van der Waals surface area contributed by atoms with Crippen molar-refractivity contribution < 1.29 is 4.74 Å². The van der Waals surface area contributed by atoms with Crippen molar-refractivity contribution in [2.45, 2.75) is 33.4 Å². The monoisotopic (exact) mass is 523 g/mol. The Labute approximate surface area is 194 Å². The van der Waals surface area contributed by atoms with Crippen molar-refractivity contribution in [2.75, 3.05) is 20.7 Å². The average Bonchev–Trinajstić information content (AvgIpc) is 3.33. The molecule has 2 aromatic heterocycles. The maximum Gasteiger partial charge on any atom is 0.191 e. The molecule has 0 fully saturated rings. The number of nitrogens with one attached hydrogen (secondary N) is 2. The van der Waals surface area contributed by atoms with E-state index in [0.29, 0.717) is 6.54 Å². The maximum atomic E-state index is 5.20. The molecular formula is C21H30IN7O. The zero-order valence-corrected chi connectivity index (χ0v) is 20.3. The predicted octanol–water partition coefficient (Wildman–Crippen LogP) is 3.07. The fourth-order valence-electron chi connectivity index (χ4n) is 3.07. The first-order valence-electron chi connectivity index (χ1n) is 9.73. The van der Waals surface area contributed by atoms with Gasteiger partial charge in [-0.15, -0.1) is 24.0 Å². The topological polar surface area (TPSA) is 81.3 Å². The molecule has 0 atom stereocenters. The van der Waals surface area contributed by atoms with Gasteiger partial charge in [-0.25, -0.2) is 4.68 Å². The number of aliphatic imine (C=N–C) groups is 1. The van der Waals surface area contributed by atoms with Gasteiger partial charge in [-0.05, 0) is 56.7 Å². The van der Waals surface area contributed by atoms with E-state index < -0.39 is 0 Å². The van der Waals surface area contributed by atoms with Crippen LogP contribution in [0.15, 0.2) is 47.6 Å². The lowest BCUT2D eigenvalue weighted by atomic mass is 10.3. The first-order chi connectivity index (χ1) is 14.1. The van der Waals surface area contributed by atoms with E-state index in [2.05, 4.69) is 38.8 Å². The fourth-order valence-corrected chi connectivity index (χ4v) is 3.07. The molecule has 8 nitrogen and oxygen atoms in total. The highest BCUT2D eigenvalue weighted by Crippen LogP contribution is 2.14. The van der Waals surface area contributed by atoms with Crippen molar-refractivity contribution in [3.8, 4) is 11.4 Å². The maximum absolute atomic E-state index is 5.20. The highest BCUT2D eigenvalue weighted by Gasteiger charge is 2.04. The molecule has 0 saturated heterocycles. The number of aryl methyl sites for hydroxylation is 3. The number of halogens is 1. The second-order valence-corrected chi connectivity index (χ2v) is 6.81. The third-order valence-corrected chi connectivity index (χ3v) is 4.58. The third kappa shape index (κ3) is 6.48. The van der Waals surface area contributed by atoms with Gasteiger partial charge < -0.3 is 15.4 Å². The molecule has 9 heteroatoms. The number of hydrogen-bond donors (Lipinski definition) is 2. The molecule has 0 bridgehead atoms. The second-order valence-electron chi connectivity index (χ2n) is 6.81. The van der Waals surface area contributed by atoms with Crippen LogP contribution < -0.4 is 15.4 Å². The number of nitrogens with zero attached hydrogens (tertiary/aromatic N) is 5. The van der Waals surface area contributed by atoms with E-state index in [1.165, 1.54) is 5.69 Å². The number of benzene rings is 1. The molecule has 3 aromatic rings. The number of ether oxygens (including phenoxy) is 1. The summed E-state index contributed by atoms with van der Waals surface area (Å²) in [5.41, 5.74) is 4.18. The third-order valence-electron chi connectivity index (χ3n) is 4.58. The number of rotatable bonds is 8. The van der Waals surface area contributed by atoms with Crippen molar-refractivity contribution in [1.82, 2.24) is 30.2 Å². The summed E-state index contributed by atoms with van der Waals surface area (Å²) in [4.78, 5) is 4.28. The standard InChI is InChI=1S/C21H29N7O.HI/c1-16-14-17(2)27(25-16)12-5-11-23-21(22-3)24-15-18-10-13-28(26-18)19-6-8-20(29-4)9-7-19;/h6-10,13-14H,5,11-12,15H2,1-4H3,(H2,22,23,24);1H. The highest BCUT2D eigenvalue weighted by atomic mass is 127. The van der Waals surface area contributed by atoms with Gasteiger partial charge in [0.1, 0.15) is 5.75 Å². The molecule has 0 unspecified atom stereocenters. The number of hydrogen-bond acceptors (Lipinski definition) is 4. The van der Waals surface area contributed by atoms with Crippen LogP contribution in [0.2, 0.25) is 0 Å². The Bertz CT molecular complexity index is 947. The van der Waals surface area contributed by atoms with Crippen molar-refractivity contribution >= 4 is 29.9 Å². The van der Waals surface area contributed by atoms with Crippen LogP contribution in [-0.4, -0.2) is 46.2 Å². The molecule has 30 heavy (non-hydrogen) atoms. The lowest BCUT2D eigenvalue weighted by molar-refractivity contribution is 0.414. The fraction of sp³-hybridized carbons (Fsp3) is 0.381. The van der Waals surface area contributed by atoms with Crippen LogP contribution in [0.5, 0.6) is 5.75 Å². The molecule has 162 valence electrons. The molecule has 2 heterocycles. The summed E-state index contributed by atoms with van der Waals surface area (Å²) in [7, 11) is 3.43. The van der Waals surface area contributed by atoms with E-state index in [-0.39, 0.29) is 24.0 Å². The summed E-state index contributed by atoms with van der Waals surface area (Å²) in [5.74, 6) is 1.59. The Balaban J connectivity index is 0.00000320. The smallest absolute Gasteiger partial charge is 0.191 e. The summed E-state index contributed by atoms with van der Waals surface area (Å²) in [5, 5.41) is 15.7. The Morgan fingerprint density at radius 2 is 1.87 bits per heavy atom. The normalized spacial score (nSPS) is 11.1. The van der Waals surface area contributed by atoms with Gasteiger partial charge in [-0.2, -0.15) is 10.2 Å². The predicted molar refractivity (Wildman–Crippen MR) is 130 cm³/mol. The van der Waals surface area contributed by atoms with Crippen molar-refractivity contribution in [3.63, 3.8) is 0 Å². The first-order valence-corrected chi connectivity index (χ1v) is 9.73. The summed E-state index contributed by atoms with van der Waals surface area (Å²) in [6, 6.07) is 11.9. The van der Waals surface area contributed by atoms with Gasteiger partial charge in [-0.1, -0.05) is 0 Å². The van der Waals surface area contributed by atoms with Crippen molar-refractivity contribution in [1.29, 1.82) is 0 Å².